The Hall–Kier alpha value is -2.52. The lowest BCUT2D eigenvalue weighted by atomic mass is 9.85. The number of thiazole rings is 1. The zero-order valence-electron chi connectivity index (χ0n) is 15.1. The van der Waals surface area contributed by atoms with Crippen molar-refractivity contribution in [3.8, 4) is 10.6 Å². The Kier molecular flexibility index (Phi) is 4.48. The summed E-state index contributed by atoms with van der Waals surface area (Å²) in [6.45, 7) is 1.11. The van der Waals surface area contributed by atoms with E-state index in [-0.39, 0.29) is 17.7 Å². The second-order valence-electron chi connectivity index (χ2n) is 7.13. The molecule has 0 bridgehead atoms. The first kappa shape index (κ1) is 17.6. The molecule has 144 valence electrons. The quantitative estimate of drug-likeness (QED) is 0.685. The Labute approximate surface area is 169 Å². The number of H-pyrrole nitrogens is 1. The van der Waals surface area contributed by atoms with Crippen molar-refractivity contribution in [2.75, 3.05) is 11.9 Å². The van der Waals surface area contributed by atoms with E-state index in [9.17, 15) is 9.59 Å². The summed E-state index contributed by atoms with van der Waals surface area (Å²) in [4.78, 5) is 33.5. The minimum Gasteiger partial charge on any atom is -0.332 e. The van der Waals surface area contributed by atoms with Crippen LogP contribution < -0.4 is 5.32 Å². The van der Waals surface area contributed by atoms with Crippen LogP contribution in [0.4, 0.5) is 5.13 Å². The number of hydrogen-bond donors (Lipinski definition) is 2. The van der Waals surface area contributed by atoms with Crippen LogP contribution in [0.25, 0.3) is 10.6 Å². The molecule has 0 atom stereocenters. The Morgan fingerprint density at radius 1 is 1.32 bits per heavy atom. The Bertz CT molecular complexity index is 1020. The number of carbonyl (C=O) groups is 2. The molecule has 28 heavy (non-hydrogen) atoms. The van der Waals surface area contributed by atoms with Crippen LogP contribution in [-0.4, -0.2) is 38.4 Å². The fourth-order valence-corrected chi connectivity index (χ4v) is 5.17. The summed E-state index contributed by atoms with van der Waals surface area (Å²) < 4.78 is 0. The van der Waals surface area contributed by atoms with Gasteiger partial charge in [0.2, 0.25) is 5.91 Å². The monoisotopic (exact) mass is 413 g/mol. The molecule has 1 aliphatic heterocycles. The van der Waals surface area contributed by atoms with Crippen molar-refractivity contribution in [1.29, 1.82) is 0 Å². The molecule has 2 amide bonds. The lowest BCUT2D eigenvalue weighted by Gasteiger charge is -2.25. The van der Waals surface area contributed by atoms with Crippen LogP contribution in [0.1, 0.15) is 40.3 Å². The number of nitrogens with one attached hydrogen (secondary N) is 2. The van der Waals surface area contributed by atoms with Gasteiger partial charge in [0.25, 0.3) is 5.91 Å². The third-order valence-corrected chi connectivity index (χ3v) is 7.21. The molecule has 2 N–H and O–H groups in total. The molecule has 2 aliphatic rings. The van der Waals surface area contributed by atoms with Gasteiger partial charge in [-0.3, -0.25) is 14.7 Å². The molecule has 0 aromatic carbocycles. The van der Waals surface area contributed by atoms with Crippen LogP contribution >= 0.6 is 22.7 Å². The van der Waals surface area contributed by atoms with Gasteiger partial charge >= 0.3 is 0 Å². The Morgan fingerprint density at radius 3 is 2.96 bits per heavy atom. The van der Waals surface area contributed by atoms with Gasteiger partial charge in [-0.05, 0) is 30.4 Å². The number of aromatic amines is 1. The van der Waals surface area contributed by atoms with Crippen LogP contribution in [0.3, 0.4) is 0 Å². The van der Waals surface area contributed by atoms with E-state index in [2.05, 4.69) is 20.5 Å². The van der Waals surface area contributed by atoms with Gasteiger partial charge < -0.3 is 10.2 Å². The number of carbonyl (C=O) groups excluding carboxylic acids is 2. The second kappa shape index (κ2) is 7.14. The van der Waals surface area contributed by atoms with Crippen molar-refractivity contribution in [3.63, 3.8) is 0 Å². The molecule has 1 aliphatic carbocycles. The summed E-state index contributed by atoms with van der Waals surface area (Å²) in [5.74, 6) is 0.122. The highest BCUT2D eigenvalue weighted by atomic mass is 32.1. The van der Waals surface area contributed by atoms with Crippen molar-refractivity contribution in [2.45, 2.75) is 32.2 Å². The summed E-state index contributed by atoms with van der Waals surface area (Å²) >= 11 is 3.08. The minimum atomic E-state index is -0.0850. The van der Waals surface area contributed by atoms with Gasteiger partial charge in [-0.2, -0.15) is 5.10 Å². The van der Waals surface area contributed by atoms with Gasteiger partial charge in [0, 0.05) is 23.8 Å². The van der Waals surface area contributed by atoms with E-state index in [1.165, 1.54) is 11.3 Å². The first-order valence-corrected chi connectivity index (χ1v) is 11.0. The highest BCUT2D eigenvalue weighted by Gasteiger charge is 2.29. The predicted octanol–water partition coefficient (Wildman–Crippen LogP) is 3.53. The van der Waals surface area contributed by atoms with E-state index in [0.717, 1.165) is 40.4 Å². The minimum absolute atomic E-state index is 0.0721. The molecule has 0 radical (unpaired) electrons. The fourth-order valence-electron chi connectivity index (χ4n) is 3.45. The van der Waals surface area contributed by atoms with Crippen LogP contribution in [0, 0.1) is 5.92 Å². The average molecular weight is 414 g/mol. The molecule has 4 heterocycles. The van der Waals surface area contributed by atoms with E-state index in [1.54, 1.807) is 22.3 Å². The largest absolute Gasteiger partial charge is 0.332 e. The molecular weight excluding hydrogens is 394 g/mol. The van der Waals surface area contributed by atoms with Crippen LogP contribution in [-0.2, 0) is 17.8 Å². The topological polar surface area (TPSA) is 91.0 Å². The van der Waals surface area contributed by atoms with Crippen LogP contribution in [0.2, 0.25) is 0 Å². The highest BCUT2D eigenvalue weighted by molar-refractivity contribution is 7.15. The number of rotatable bonds is 4. The molecule has 9 heteroatoms. The number of aromatic nitrogens is 3. The molecule has 7 nitrogen and oxygen atoms in total. The van der Waals surface area contributed by atoms with Crippen molar-refractivity contribution in [3.05, 3.63) is 39.8 Å². The number of nitrogens with zero attached hydrogens (tertiary/aromatic N) is 3. The predicted molar refractivity (Wildman–Crippen MR) is 108 cm³/mol. The van der Waals surface area contributed by atoms with Gasteiger partial charge in [0.1, 0.15) is 0 Å². The summed E-state index contributed by atoms with van der Waals surface area (Å²) in [5.41, 5.74) is 2.27. The normalized spacial score (nSPS) is 16.5. The third-order valence-electron chi connectivity index (χ3n) is 5.31. The van der Waals surface area contributed by atoms with Crippen LogP contribution in [0.5, 0.6) is 0 Å². The number of hydrogen-bond acceptors (Lipinski definition) is 6. The average Bonchev–Trinajstić information content (AvgIpc) is 3.37. The third kappa shape index (κ3) is 3.24. The van der Waals surface area contributed by atoms with Gasteiger partial charge in [-0.15, -0.1) is 11.3 Å². The van der Waals surface area contributed by atoms with Crippen molar-refractivity contribution in [1.82, 2.24) is 20.1 Å². The zero-order chi connectivity index (χ0) is 19.1. The molecular formula is C19H19N5O2S2. The molecule has 3 aromatic heterocycles. The Morgan fingerprint density at radius 2 is 2.21 bits per heavy atom. The Balaban J connectivity index is 1.27. The molecule has 5 rings (SSSR count). The molecule has 1 saturated carbocycles. The second-order valence-corrected chi connectivity index (χ2v) is 9.16. The van der Waals surface area contributed by atoms with E-state index < -0.39 is 0 Å². The van der Waals surface area contributed by atoms with Crippen molar-refractivity contribution in [2.24, 2.45) is 5.92 Å². The van der Waals surface area contributed by atoms with E-state index in [0.29, 0.717) is 30.3 Å². The lowest BCUT2D eigenvalue weighted by molar-refractivity contribution is -0.122. The maximum absolute atomic E-state index is 12.9. The number of fused-ring (bicyclic) bond motifs is 1. The van der Waals surface area contributed by atoms with E-state index in [4.69, 9.17) is 0 Å². The standard InChI is InChI=1S/C19H19N5O2S2/c25-17(11-3-1-4-11)21-19-20-12-6-7-24(10-16(12)28-19)18(26)14-9-13(22-23-14)15-5-2-8-27-15/h2,5,8-9,11H,1,3-4,6-7,10H2,(H,22,23)(H,20,21,25). The van der Waals surface area contributed by atoms with Crippen molar-refractivity contribution < 1.29 is 9.59 Å². The number of thiophene rings is 1. The summed E-state index contributed by atoms with van der Waals surface area (Å²) in [6, 6.07) is 5.77. The van der Waals surface area contributed by atoms with Gasteiger partial charge in [-0.1, -0.05) is 23.8 Å². The first-order valence-electron chi connectivity index (χ1n) is 9.35. The zero-order valence-corrected chi connectivity index (χ0v) is 16.7. The van der Waals surface area contributed by atoms with Crippen molar-refractivity contribution >= 4 is 39.6 Å². The number of amides is 2. The van der Waals surface area contributed by atoms with Crippen LogP contribution in [0.15, 0.2) is 23.6 Å². The SMILES string of the molecule is O=C(Nc1nc2c(s1)CN(C(=O)c1cc(-c3cccs3)[nH]n1)CC2)C1CCC1. The molecule has 0 spiro atoms. The summed E-state index contributed by atoms with van der Waals surface area (Å²) in [5, 5.41) is 12.7. The lowest BCUT2D eigenvalue weighted by Crippen LogP contribution is -2.35. The first-order chi connectivity index (χ1) is 13.7. The van der Waals surface area contributed by atoms with Gasteiger partial charge in [0.05, 0.1) is 22.8 Å². The maximum atomic E-state index is 12.9. The van der Waals surface area contributed by atoms with Gasteiger partial charge in [0.15, 0.2) is 10.8 Å². The molecule has 0 saturated heterocycles. The van der Waals surface area contributed by atoms with Gasteiger partial charge in [-0.25, -0.2) is 4.98 Å². The smallest absolute Gasteiger partial charge is 0.274 e. The summed E-state index contributed by atoms with van der Waals surface area (Å²) in [7, 11) is 0. The molecule has 3 aromatic rings. The highest BCUT2D eigenvalue weighted by Crippen LogP contribution is 2.32. The van der Waals surface area contributed by atoms with E-state index >= 15 is 0 Å². The number of anilines is 1. The summed E-state index contributed by atoms with van der Waals surface area (Å²) in [6.07, 6.45) is 3.76. The molecule has 0 unspecified atom stereocenters. The fraction of sp³-hybridized carbons (Fsp3) is 0.368. The molecule has 1 fully saturated rings. The maximum Gasteiger partial charge on any atom is 0.274 e. The van der Waals surface area contributed by atoms with E-state index in [1.807, 2.05) is 17.5 Å².